The number of rotatable bonds is 4. The van der Waals surface area contributed by atoms with Crippen molar-refractivity contribution in [3.05, 3.63) is 53.6 Å². The molecule has 1 unspecified atom stereocenters. The number of nitrogens with one attached hydrogen (secondary N) is 1. The molecule has 0 saturated carbocycles. The predicted octanol–water partition coefficient (Wildman–Crippen LogP) is 2.08. The van der Waals surface area contributed by atoms with Crippen molar-refractivity contribution >= 4 is 5.91 Å². The highest BCUT2D eigenvalue weighted by Gasteiger charge is 2.37. The lowest BCUT2D eigenvalue weighted by atomic mass is 9.89. The monoisotopic (exact) mass is 330 g/mol. The highest BCUT2D eigenvalue weighted by Crippen LogP contribution is 2.31. The summed E-state index contributed by atoms with van der Waals surface area (Å²) in [7, 11) is 3.69. The molecule has 0 spiro atoms. The first-order valence-electron chi connectivity index (χ1n) is 8.18. The second-order valence-electron chi connectivity index (χ2n) is 6.50. The van der Waals surface area contributed by atoms with Crippen LogP contribution in [0.2, 0.25) is 0 Å². The van der Waals surface area contributed by atoms with Gasteiger partial charge in [0.15, 0.2) is 0 Å². The number of carbonyl (C=O) groups is 1. The minimum atomic E-state index is -0.267. The van der Waals surface area contributed by atoms with Crippen LogP contribution in [0.15, 0.2) is 36.7 Å². The van der Waals surface area contributed by atoms with Gasteiger partial charge in [0.1, 0.15) is 5.82 Å². The summed E-state index contributed by atoms with van der Waals surface area (Å²) < 4.78 is 14.9. The van der Waals surface area contributed by atoms with Crippen LogP contribution in [0.4, 0.5) is 4.39 Å². The molecule has 3 rings (SSSR count). The molecular formula is C18H23FN4O. The zero-order valence-electron chi connectivity index (χ0n) is 14.2. The summed E-state index contributed by atoms with van der Waals surface area (Å²) in [6, 6.07) is 6.22. The highest BCUT2D eigenvalue weighted by atomic mass is 19.1. The molecule has 0 radical (unpaired) electrons. The van der Waals surface area contributed by atoms with E-state index in [1.807, 2.05) is 33.4 Å². The Labute approximate surface area is 141 Å². The van der Waals surface area contributed by atoms with Gasteiger partial charge in [0.2, 0.25) is 5.91 Å². The van der Waals surface area contributed by atoms with Crippen LogP contribution in [-0.2, 0) is 11.8 Å². The molecular weight excluding hydrogens is 307 g/mol. The van der Waals surface area contributed by atoms with E-state index in [0.29, 0.717) is 6.54 Å². The van der Waals surface area contributed by atoms with Crippen molar-refractivity contribution < 1.29 is 9.18 Å². The molecule has 0 aliphatic carbocycles. The molecule has 1 amide bonds. The van der Waals surface area contributed by atoms with Crippen molar-refractivity contribution in [2.75, 3.05) is 20.1 Å². The third-order valence-corrected chi connectivity index (χ3v) is 4.97. The number of nitrogens with zero attached hydrogens (tertiary/aromatic N) is 3. The number of benzene rings is 1. The highest BCUT2D eigenvalue weighted by molar-refractivity contribution is 5.80. The largest absolute Gasteiger partial charge is 0.339 e. The van der Waals surface area contributed by atoms with Gasteiger partial charge in [-0.1, -0.05) is 12.1 Å². The van der Waals surface area contributed by atoms with Gasteiger partial charge in [0.25, 0.3) is 0 Å². The lowest BCUT2D eigenvalue weighted by Gasteiger charge is -2.29. The molecule has 1 N–H and O–H groups in total. The fourth-order valence-corrected chi connectivity index (χ4v) is 3.34. The SMILES string of the molecule is CC(c1ccc(F)cc1)N(C)C(=O)[C@H]1CNC[C@@H]1c1cnn(C)c1. The van der Waals surface area contributed by atoms with E-state index in [2.05, 4.69) is 10.4 Å². The zero-order chi connectivity index (χ0) is 17.3. The van der Waals surface area contributed by atoms with Crippen LogP contribution < -0.4 is 5.32 Å². The Morgan fingerprint density at radius 1 is 1.38 bits per heavy atom. The summed E-state index contributed by atoms with van der Waals surface area (Å²) in [4.78, 5) is 14.8. The maximum absolute atomic E-state index is 13.1. The Bertz CT molecular complexity index is 712. The van der Waals surface area contributed by atoms with E-state index >= 15 is 0 Å². The van der Waals surface area contributed by atoms with Crippen LogP contribution in [0.3, 0.4) is 0 Å². The summed E-state index contributed by atoms with van der Waals surface area (Å²) in [5, 5.41) is 7.54. The van der Waals surface area contributed by atoms with Crippen molar-refractivity contribution in [2.45, 2.75) is 18.9 Å². The minimum Gasteiger partial charge on any atom is -0.339 e. The first-order valence-corrected chi connectivity index (χ1v) is 8.18. The molecule has 2 heterocycles. The van der Waals surface area contributed by atoms with Gasteiger partial charge in [-0.25, -0.2) is 4.39 Å². The van der Waals surface area contributed by atoms with Crippen molar-refractivity contribution in [3.8, 4) is 0 Å². The molecule has 24 heavy (non-hydrogen) atoms. The molecule has 3 atom stereocenters. The first-order chi connectivity index (χ1) is 11.5. The lowest BCUT2D eigenvalue weighted by Crippen LogP contribution is -2.37. The molecule has 1 aromatic heterocycles. The quantitative estimate of drug-likeness (QED) is 0.934. The van der Waals surface area contributed by atoms with E-state index in [4.69, 9.17) is 0 Å². The van der Waals surface area contributed by atoms with E-state index in [1.165, 1.54) is 12.1 Å². The Balaban J connectivity index is 1.75. The molecule has 2 aromatic rings. The van der Waals surface area contributed by atoms with Crippen LogP contribution >= 0.6 is 0 Å². The maximum atomic E-state index is 13.1. The predicted molar refractivity (Wildman–Crippen MR) is 89.9 cm³/mol. The maximum Gasteiger partial charge on any atom is 0.227 e. The van der Waals surface area contributed by atoms with Gasteiger partial charge in [0, 0.05) is 39.3 Å². The van der Waals surface area contributed by atoms with Crippen molar-refractivity contribution in [1.29, 1.82) is 0 Å². The number of hydrogen-bond acceptors (Lipinski definition) is 3. The molecule has 1 fully saturated rings. The Morgan fingerprint density at radius 2 is 2.08 bits per heavy atom. The van der Waals surface area contributed by atoms with Gasteiger partial charge in [0.05, 0.1) is 18.2 Å². The minimum absolute atomic E-state index is 0.102. The number of carbonyl (C=O) groups excluding carboxylic acids is 1. The topological polar surface area (TPSA) is 50.2 Å². The number of hydrogen-bond donors (Lipinski definition) is 1. The van der Waals surface area contributed by atoms with Crippen LogP contribution in [0.25, 0.3) is 0 Å². The first kappa shape index (κ1) is 16.6. The van der Waals surface area contributed by atoms with Crippen LogP contribution in [0.1, 0.15) is 30.0 Å². The molecule has 6 heteroatoms. The number of amides is 1. The number of aromatic nitrogens is 2. The van der Waals surface area contributed by atoms with Gasteiger partial charge in [-0.15, -0.1) is 0 Å². The standard InChI is InChI=1S/C18H23FN4O/c1-12(13-4-6-15(19)7-5-13)23(3)18(24)17-10-20-9-16(17)14-8-21-22(2)11-14/h4-8,11-12,16-17,20H,9-10H2,1-3H3/t12?,16-,17+/m1/s1. The van der Waals surface area contributed by atoms with Gasteiger partial charge in [-0.3, -0.25) is 9.48 Å². The van der Waals surface area contributed by atoms with Gasteiger partial charge in [-0.2, -0.15) is 5.10 Å². The van der Waals surface area contributed by atoms with E-state index < -0.39 is 0 Å². The second-order valence-corrected chi connectivity index (χ2v) is 6.50. The van der Waals surface area contributed by atoms with Crippen LogP contribution in [0.5, 0.6) is 0 Å². The second kappa shape index (κ2) is 6.73. The molecule has 1 aromatic carbocycles. The molecule has 5 nitrogen and oxygen atoms in total. The Morgan fingerprint density at radius 3 is 2.71 bits per heavy atom. The lowest BCUT2D eigenvalue weighted by molar-refractivity contribution is -0.136. The Hall–Kier alpha value is -2.21. The third-order valence-electron chi connectivity index (χ3n) is 4.97. The van der Waals surface area contributed by atoms with Crippen LogP contribution in [-0.4, -0.2) is 40.7 Å². The fourth-order valence-electron chi connectivity index (χ4n) is 3.34. The van der Waals surface area contributed by atoms with E-state index in [1.54, 1.807) is 21.7 Å². The van der Waals surface area contributed by atoms with Gasteiger partial charge >= 0.3 is 0 Å². The third kappa shape index (κ3) is 3.19. The van der Waals surface area contributed by atoms with E-state index in [-0.39, 0.29) is 29.6 Å². The summed E-state index contributed by atoms with van der Waals surface area (Å²) >= 11 is 0. The Kier molecular flexibility index (Phi) is 4.66. The molecule has 1 aliphatic rings. The molecule has 128 valence electrons. The summed E-state index contributed by atoms with van der Waals surface area (Å²) in [6.07, 6.45) is 3.81. The number of aryl methyl sites for hydroxylation is 1. The molecule has 1 aliphatic heterocycles. The fraction of sp³-hybridized carbons (Fsp3) is 0.444. The van der Waals surface area contributed by atoms with Crippen molar-refractivity contribution in [2.24, 2.45) is 13.0 Å². The average molecular weight is 330 g/mol. The molecule has 0 bridgehead atoms. The van der Waals surface area contributed by atoms with Gasteiger partial charge in [-0.05, 0) is 30.2 Å². The number of halogens is 1. The smallest absolute Gasteiger partial charge is 0.227 e. The van der Waals surface area contributed by atoms with Crippen molar-refractivity contribution in [1.82, 2.24) is 20.0 Å². The average Bonchev–Trinajstić information content (AvgIpc) is 3.22. The summed E-state index contributed by atoms with van der Waals surface area (Å²) in [6.45, 7) is 3.41. The summed E-state index contributed by atoms with van der Waals surface area (Å²) in [5.74, 6) is -0.140. The van der Waals surface area contributed by atoms with Gasteiger partial charge < -0.3 is 10.2 Å². The van der Waals surface area contributed by atoms with E-state index in [0.717, 1.165) is 17.7 Å². The van der Waals surface area contributed by atoms with Crippen molar-refractivity contribution in [3.63, 3.8) is 0 Å². The molecule has 1 saturated heterocycles. The summed E-state index contributed by atoms with van der Waals surface area (Å²) in [5.41, 5.74) is 2.01. The van der Waals surface area contributed by atoms with Crippen LogP contribution in [0, 0.1) is 11.7 Å². The normalized spacial score (nSPS) is 21.7. The zero-order valence-corrected chi connectivity index (χ0v) is 14.2. The van der Waals surface area contributed by atoms with E-state index in [9.17, 15) is 9.18 Å².